The average molecular weight is 395 g/mol. The lowest BCUT2D eigenvalue weighted by Gasteiger charge is -2.29. The van der Waals surface area contributed by atoms with Gasteiger partial charge in [0.15, 0.2) is 0 Å². The van der Waals surface area contributed by atoms with Crippen LogP contribution in [0.4, 0.5) is 0 Å². The van der Waals surface area contributed by atoms with Crippen molar-refractivity contribution in [3.63, 3.8) is 0 Å². The molecule has 2 rings (SSSR count). The molecule has 0 saturated heterocycles. The average Bonchev–Trinajstić information content (AvgIpc) is 2.90. The SMILES string of the molecule is CC(C)N(Cc1ccccc1)C(=O)CN(C)Cc1ccc(Br)s1. The summed E-state index contributed by atoms with van der Waals surface area (Å²) in [5, 5.41) is 0. The molecule has 1 heterocycles. The summed E-state index contributed by atoms with van der Waals surface area (Å²) in [5.41, 5.74) is 1.17. The van der Waals surface area contributed by atoms with E-state index in [4.69, 9.17) is 0 Å². The Balaban J connectivity index is 1.95. The van der Waals surface area contributed by atoms with Gasteiger partial charge in [-0.05, 0) is 54.5 Å². The lowest BCUT2D eigenvalue weighted by Crippen LogP contribution is -2.42. The Labute approximate surface area is 151 Å². The zero-order valence-electron chi connectivity index (χ0n) is 13.8. The van der Waals surface area contributed by atoms with Gasteiger partial charge in [0.1, 0.15) is 0 Å². The van der Waals surface area contributed by atoms with Crippen molar-refractivity contribution < 1.29 is 4.79 Å². The maximum atomic E-state index is 12.7. The lowest BCUT2D eigenvalue weighted by molar-refractivity contribution is -0.134. The topological polar surface area (TPSA) is 23.6 Å². The first-order valence-corrected chi connectivity index (χ1v) is 9.33. The first-order valence-electron chi connectivity index (χ1n) is 7.72. The molecule has 0 aliphatic rings. The molecule has 5 heteroatoms. The minimum Gasteiger partial charge on any atom is -0.335 e. The molecule has 0 N–H and O–H groups in total. The molecule has 1 amide bonds. The highest BCUT2D eigenvalue weighted by atomic mass is 79.9. The molecular formula is C18H23BrN2OS. The van der Waals surface area contributed by atoms with Crippen LogP contribution in [-0.2, 0) is 17.9 Å². The normalized spacial score (nSPS) is 11.2. The van der Waals surface area contributed by atoms with Crippen molar-refractivity contribution in [1.29, 1.82) is 0 Å². The van der Waals surface area contributed by atoms with Gasteiger partial charge in [0, 0.05) is 24.0 Å². The quantitative estimate of drug-likeness (QED) is 0.695. The van der Waals surface area contributed by atoms with E-state index in [2.05, 4.69) is 52.9 Å². The molecule has 0 bridgehead atoms. The van der Waals surface area contributed by atoms with Crippen LogP contribution in [0.2, 0.25) is 0 Å². The molecule has 0 aliphatic heterocycles. The Morgan fingerprint density at radius 2 is 1.83 bits per heavy atom. The zero-order chi connectivity index (χ0) is 16.8. The number of likely N-dealkylation sites (N-methyl/N-ethyl adjacent to an activating group) is 1. The van der Waals surface area contributed by atoms with Gasteiger partial charge in [0.25, 0.3) is 0 Å². The maximum Gasteiger partial charge on any atom is 0.237 e. The van der Waals surface area contributed by atoms with E-state index in [1.54, 1.807) is 11.3 Å². The van der Waals surface area contributed by atoms with Gasteiger partial charge in [-0.15, -0.1) is 11.3 Å². The fourth-order valence-corrected chi connectivity index (χ4v) is 3.98. The molecule has 2 aromatic rings. The third-order valence-electron chi connectivity index (χ3n) is 3.60. The molecule has 0 unspecified atom stereocenters. The van der Waals surface area contributed by atoms with Crippen LogP contribution in [0.25, 0.3) is 0 Å². The molecule has 0 aliphatic carbocycles. The Hall–Kier alpha value is -1.17. The summed E-state index contributed by atoms with van der Waals surface area (Å²) in [4.78, 5) is 17.9. The van der Waals surface area contributed by atoms with Gasteiger partial charge < -0.3 is 4.90 Å². The van der Waals surface area contributed by atoms with E-state index in [9.17, 15) is 4.79 Å². The zero-order valence-corrected chi connectivity index (χ0v) is 16.2. The smallest absolute Gasteiger partial charge is 0.237 e. The van der Waals surface area contributed by atoms with Gasteiger partial charge in [-0.3, -0.25) is 9.69 Å². The van der Waals surface area contributed by atoms with Crippen molar-refractivity contribution in [3.8, 4) is 0 Å². The van der Waals surface area contributed by atoms with Crippen molar-refractivity contribution in [3.05, 3.63) is 56.7 Å². The van der Waals surface area contributed by atoms with Crippen molar-refractivity contribution >= 4 is 33.2 Å². The Morgan fingerprint density at radius 1 is 1.13 bits per heavy atom. The molecule has 0 fully saturated rings. The fraction of sp³-hybridized carbons (Fsp3) is 0.389. The van der Waals surface area contributed by atoms with E-state index in [1.165, 1.54) is 10.4 Å². The number of amides is 1. The highest BCUT2D eigenvalue weighted by molar-refractivity contribution is 9.11. The number of benzene rings is 1. The Morgan fingerprint density at radius 3 is 2.39 bits per heavy atom. The fourth-order valence-electron chi connectivity index (χ4n) is 2.42. The number of rotatable bonds is 7. The Bertz CT molecular complexity index is 627. The third kappa shape index (κ3) is 5.75. The second-order valence-corrected chi connectivity index (χ2v) is 8.53. The number of carbonyl (C=O) groups excluding carboxylic acids is 1. The number of carbonyl (C=O) groups is 1. The highest BCUT2D eigenvalue weighted by Gasteiger charge is 2.19. The second kappa shape index (κ2) is 8.62. The third-order valence-corrected chi connectivity index (χ3v) is 5.21. The van der Waals surface area contributed by atoms with E-state index >= 15 is 0 Å². The summed E-state index contributed by atoms with van der Waals surface area (Å²) in [6, 6.07) is 14.5. The monoisotopic (exact) mass is 394 g/mol. The summed E-state index contributed by atoms with van der Waals surface area (Å²) in [7, 11) is 1.99. The number of thiophene rings is 1. The number of halogens is 1. The standard InChI is InChI=1S/C18H23BrN2OS/c1-14(2)21(11-15-7-5-4-6-8-15)18(22)13-20(3)12-16-9-10-17(19)23-16/h4-10,14H,11-13H2,1-3H3. The number of hydrogen-bond donors (Lipinski definition) is 0. The van der Waals surface area contributed by atoms with E-state index in [0.717, 1.165) is 10.3 Å². The molecule has 0 radical (unpaired) electrons. The van der Waals surface area contributed by atoms with Gasteiger partial charge in [-0.1, -0.05) is 30.3 Å². The molecule has 1 aromatic heterocycles. The first-order chi connectivity index (χ1) is 11.0. The summed E-state index contributed by atoms with van der Waals surface area (Å²) in [5.74, 6) is 0.168. The van der Waals surface area contributed by atoms with E-state index in [1.807, 2.05) is 36.2 Å². The van der Waals surface area contributed by atoms with E-state index in [0.29, 0.717) is 13.1 Å². The minimum absolute atomic E-state index is 0.168. The molecule has 0 spiro atoms. The van der Waals surface area contributed by atoms with Crippen LogP contribution >= 0.6 is 27.3 Å². The minimum atomic E-state index is 0.168. The first kappa shape index (κ1) is 18.2. The molecular weight excluding hydrogens is 372 g/mol. The van der Waals surface area contributed by atoms with E-state index < -0.39 is 0 Å². The maximum absolute atomic E-state index is 12.7. The van der Waals surface area contributed by atoms with Crippen LogP contribution in [-0.4, -0.2) is 35.3 Å². The van der Waals surface area contributed by atoms with Gasteiger partial charge in [0.05, 0.1) is 10.3 Å². The van der Waals surface area contributed by atoms with Gasteiger partial charge in [-0.2, -0.15) is 0 Å². The van der Waals surface area contributed by atoms with Crippen molar-refractivity contribution in [2.24, 2.45) is 0 Å². The molecule has 0 saturated carbocycles. The van der Waals surface area contributed by atoms with Crippen LogP contribution in [0, 0.1) is 0 Å². The number of hydrogen-bond acceptors (Lipinski definition) is 3. The van der Waals surface area contributed by atoms with E-state index in [-0.39, 0.29) is 11.9 Å². The van der Waals surface area contributed by atoms with Gasteiger partial charge in [0.2, 0.25) is 5.91 Å². The number of nitrogens with zero attached hydrogens (tertiary/aromatic N) is 2. The van der Waals surface area contributed by atoms with Crippen LogP contribution in [0.1, 0.15) is 24.3 Å². The predicted octanol–water partition coefficient (Wildman–Crippen LogP) is 4.38. The van der Waals surface area contributed by atoms with Crippen LogP contribution in [0.15, 0.2) is 46.3 Å². The molecule has 23 heavy (non-hydrogen) atoms. The van der Waals surface area contributed by atoms with Crippen LogP contribution in [0.3, 0.4) is 0 Å². The summed E-state index contributed by atoms with van der Waals surface area (Å²) < 4.78 is 1.13. The van der Waals surface area contributed by atoms with Crippen LogP contribution < -0.4 is 0 Å². The lowest BCUT2D eigenvalue weighted by atomic mass is 10.2. The predicted molar refractivity (Wildman–Crippen MR) is 100 cm³/mol. The van der Waals surface area contributed by atoms with Crippen molar-refractivity contribution in [1.82, 2.24) is 9.80 Å². The highest BCUT2D eigenvalue weighted by Crippen LogP contribution is 2.23. The van der Waals surface area contributed by atoms with Crippen LogP contribution in [0.5, 0.6) is 0 Å². The second-order valence-electron chi connectivity index (χ2n) is 5.98. The molecule has 0 atom stereocenters. The molecule has 124 valence electrons. The van der Waals surface area contributed by atoms with Crippen molar-refractivity contribution in [2.75, 3.05) is 13.6 Å². The van der Waals surface area contributed by atoms with Gasteiger partial charge >= 0.3 is 0 Å². The van der Waals surface area contributed by atoms with Gasteiger partial charge in [-0.25, -0.2) is 0 Å². The van der Waals surface area contributed by atoms with Crippen molar-refractivity contribution in [2.45, 2.75) is 33.0 Å². The largest absolute Gasteiger partial charge is 0.335 e. The molecule has 3 nitrogen and oxygen atoms in total. The Kier molecular flexibility index (Phi) is 6.81. The molecule has 1 aromatic carbocycles. The summed E-state index contributed by atoms with van der Waals surface area (Å²) >= 11 is 5.19. The summed E-state index contributed by atoms with van der Waals surface area (Å²) in [6.07, 6.45) is 0. The summed E-state index contributed by atoms with van der Waals surface area (Å²) in [6.45, 7) is 6.02.